The van der Waals surface area contributed by atoms with Crippen LogP contribution in [0.1, 0.15) is 22.8 Å². The zero-order chi connectivity index (χ0) is 24.8. The van der Waals surface area contributed by atoms with E-state index in [0.717, 1.165) is 24.2 Å². The minimum Gasteiger partial charge on any atom is -0.0569 e. The van der Waals surface area contributed by atoms with Gasteiger partial charge in [0.25, 0.3) is 0 Å². The van der Waals surface area contributed by atoms with E-state index < -0.39 is 6.10 Å². The number of aromatic nitrogens is 1. The van der Waals surface area contributed by atoms with Gasteiger partial charge in [-0.1, -0.05) is 12.1 Å². The fraction of sp³-hybridized carbons (Fsp3) is 0.222. The Morgan fingerprint density at radius 2 is 1.51 bits per heavy atom. The summed E-state index contributed by atoms with van der Waals surface area (Å²) in [7, 11) is 0. The van der Waals surface area contributed by atoms with Crippen molar-refractivity contribution >= 4 is 22.3 Å². The average Bonchev–Trinajstić information content (AvgIpc) is 2.86. The fourth-order valence-corrected chi connectivity index (χ4v) is 4.50. The maximum absolute atomic E-state index is 11.9. The van der Waals surface area contributed by atoms with E-state index in [4.69, 9.17) is 5.73 Å². The number of rotatable bonds is 10. The van der Waals surface area contributed by atoms with Crippen LogP contribution in [0.3, 0.4) is 0 Å². The third kappa shape index (κ3) is 6.18. The number of hydrogen-bond acceptors (Lipinski definition) is 6. The van der Waals surface area contributed by atoms with Gasteiger partial charge in [0.1, 0.15) is 0 Å². The zero-order valence-corrected chi connectivity index (χ0v) is 20.7. The predicted octanol–water partition coefficient (Wildman–Crippen LogP) is 3.13. The number of anilines is 2. The maximum atomic E-state index is 11.9. The molecule has 0 saturated carbocycles. The summed E-state index contributed by atoms with van der Waals surface area (Å²) in [6.07, 6.45) is 0.917. The number of aliphatic hydroxyl groups excluding tert-OH is 1. The van der Waals surface area contributed by atoms with Crippen LogP contribution in [-0.4, -0.2) is 33.0 Å². The predicted molar refractivity (Wildman–Crippen MR) is 136 cm³/mol. The van der Waals surface area contributed by atoms with Crippen LogP contribution in [0.25, 0.3) is 10.9 Å². The molecular formula is C27H29N4O3Pd. The number of hydrogen-bond donors (Lipinski definition) is 5. The molecule has 35 heavy (non-hydrogen) atoms. The molecule has 1 heterocycles. The number of aliphatic hydroxyl groups is 1. The van der Waals surface area contributed by atoms with Crippen molar-refractivity contribution in [2.24, 2.45) is 5.73 Å². The molecule has 0 fully saturated rings. The van der Waals surface area contributed by atoms with Crippen molar-refractivity contribution < 1.29 is 29.7 Å². The van der Waals surface area contributed by atoms with Crippen molar-refractivity contribution in [2.45, 2.75) is 18.9 Å². The van der Waals surface area contributed by atoms with Crippen LogP contribution in [-0.2, 0) is 32.3 Å². The molecule has 3 aromatic carbocycles. The van der Waals surface area contributed by atoms with Crippen LogP contribution in [0.2, 0.25) is 0 Å². The average molecular weight is 564 g/mol. The summed E-state index contributed by atoms with van der Waals surface area (Å²) >= 11 is 2.86. The van der Waals surface area contributed by atoms with E-state index >= 15 is 0 Å². The molecule has 0 bridgehead atoms. The van der Waals surface area contributed by atoms with Crippen LogP contribution in [0.15, 0.2) is 77.6 Å². The second-order valence-electron chi connectivity index (χ2n) is 8.39. The number of pyridine rings is 1. The van der Waals surface area contributed by atoms with Crippen molar-refractivity contribution in [3.8, 4) is 5.75 Å². The topological polar surface area (TPSA) is 113 Å². The van der Waals surface area contributed by atoms with Gasteiger partial charge in [0.2, 0.25) is 0 Å². The first-order chi connectivity index (χ1) is 17.0. The van der Waals surface area contributed by atoms with E-state index in [0.29, 0.717) is 36.1 Å². The Balaban J connectivity index is 1.29. The van der Waals surface area contributed by atoms with Gasteiger partial charge in [-0.3, -0.25) is 0 Å². The molecule has 0 aliphatic heterocycles. The Hall–Kier alpha value is -2.99. The van der Waals surface area contributed by atoms with Gasteiger partial charge in [-0.25, -0.2) is 0 Å². The molecule has 4 rings (SSSR count). The first kappa shape index (κ1) is 25.1. The van der Waals surface area contributed by atoms with Crippen molar-refractivity contribution in [3.63, 3.8) is 0 Å². The quantitative estimate of drug-likeness (QED) is 0.150. The minimum atomic E-state index is -0.782. The Morgan fingerprint density at radius 1 is 0.886 bits per heavy atom. The number of nitrogens with zero attached hydrogens (tertiary/aromatic N) is 1. The molecule has 0 aliphatic carbocycles. The third-order valence-electron chi connectivity index (χ3n) is 5.90. The normalized spacial score (nSPS) is 12.1. The van der Waals surface area contributed by atoms with E-state index in [-0.39, 0.29) is 11.3 Å². The third-order valence-corrected chi connectivity index (χ3v) is 6.59. The van der Waals surface area contributed by atoms with E-state index in [1.54, 1.807) is 12.1 Å². The summed E-state index contributed by atoms with van der Waals surface area (Å²) in [5.74, 6) is -0.0184. The fourth-order valence-electron chi connectivity index (χ4n) is 4.02. The van der Waals surface area contributed by atoms with Gasteiger partial charge in [-0.2, -0.15) is 0 Å². The van der Waals surface area contributed by atoms with Crippen molar-refractivity contribution in [2.75, 3.05) is 25.0 Å². The molecular weight excluding hydrogens is 535 g/mol. The molecule has 8 heteroatoms. The van der Waals surface area contributed by atoms with Gasteiger partial charge in [0.15, 0.2) is 0 Å². The van der Waals surface area contributed by atoms with Crippen LogP contribution in [0.5, 0.6) is 5.75 Å². The number of benzene rings is 3. The van der Waals surface area contributed by atoms with Crippen molar-refractivity contribution in [3.05, 3.63) is 99.8 Å². The molecule has 0 saturated heterocycles. The van der Waals surface area contributed by atoms with E-state index in [9.17, 15) is 15.0 Å². The summed E-state index contributed by atoms with van der Waals surface area (Å²) in [5, 5.41) is 28.2. The summed E-state index contributed by atoms with van der Waals surface area (Å²) in [4.78, 5) is 11.9. The van der Waals surface area contributed by atoms with Crippen molar-refractivity contribution in [1.29, 1.82) is 0 Å². The van der Waals surface area contributed by atoms with E-state index in [2.05, 4.69) is 78.6 Å². The van der Waals surface area contributed by atoms with Crippen molar-refractivity contribution in [1.82, 2.24) is 8.52 Å². The molecule has 185 valence electrons. The summed E-state index contributed by atoms with van der Waals surface area (Å²) in [6.45, 7) is 1.70. The number of nitrogens with one attached hydrogen (secondary N) is 2. The number of phenolic OH excluding ortho intramolecular Hbond substituents is 1. The van der Waals surface area contributed by atoms with Gasteiger partial charge >= 0.3 is 150 Å². The molecule has 0 aliphatic rings. The molecule has 4 aromatic rings. The van der Waals surface area contributed by atoms with Crippen LogP contribution < -0.4 is 21.9 Å². The molecule has 1 atom stereocenters. The molecule has 0 spiro atoms. The molecule has 0 radical (unpaired) electrons. The van der Waals surface area contributed by atoms with Gasteiger partial charge in [0.05, 0.1) is 0 Å². The monoisotopic (exact) mass is 563 g/mol. The standard InChI is InChI=1S/C27H30N4O3.Pd/c28-15-13-18-1-5-20(6-2-18)30-21-7-3-19(4-8-21)14-16-29-17-25(33)22-9-11-24(32)27-23(22)10-12-26(34)31-27;/h1-12,25,29-30,33H,13-17,28H2,(H2,31,32,34);/q;+1/p-1/t25-;/m0./s1. The summed E-state index contributed by atoms with van der Waals surface area (Å²) in [5.41, 5.74) is 10.8. The molecule has 0 amide bonds. The Bertz CT molecular complexity index is 1340. The van der Waals surface area contributed by atoms with Gasteiger partial charge in [-0.15, -0.1) is 0 Å². The smallest absolute Gasteiger partial charge is 0.0569 e. The molecule has 1 aromatic heterocycles. The van der Waals surface area contributed by atoms with Gasteiger partial charge < -0.3 is 11.1 Å². The molecule has 6 N–H and O–H groups in total. The molecule has 7 nitrogen and oxygen atoms in total. The SMILES string of the molecule is NCCc1ccc(Nc2ccc(CCNC[C@H](O)c3ccc(O)c4c3ccc(=O)[n]4[Pd])cc2)cc1. The summed E-state index contributed by atoms with van der Waals surface area (Å²) in [6, 6.07) is 22.8. The molecule has 0 unspecified atom stereocenters. The Labute approximate surface area is 215 Å². The van der Waals surface area contributed by atoms with Gasteiger partial charge in [0, 0.05) is 11.4 Å². The number of phenols is 1. The van der Waals surface area contributed by atoms with Crippen LogP contribution >= 0.6 is 0 Å². The van der Waals surface area contributed by atoms with Crippen LogP contribution in [0, 0.1) is 0 Å². The van der Waals surface area contributed by atoms with E-state index in [1.165, 1.54) is 26.5 Å². The second kappa shape index (κ2) is 11.6. The first-order valence-corrected chi connectivity index (χ1v) is 12.2. The number of nitrogens with two attached hydrogens (primary N) is 1. The zero-order valence-electron chi connectivity index (χ0n) is 19.2. The first-order valence-electron chi connectivity index (χ1n) is 11.5. The number of fused-ring (bicyclic) bond motifs is 1. The second-order valence-corrected chi connectivity index (χ2v) is 9.08. The van der Waals surface area contributed by atoms with E-state index in [1.807, 2.05) is 0 Å². The van der Waals surface area contributed by atoms with Crippen LogP contribution in [0.4, 0.5) is 11.4 Å². The Morgan fingerprint density at radius 3 is 2.14 bits per heavy atom. The minimum absolute atomic E-state index is 0.0184. The summed E-state index contributed by atoms with van der Waals surface area (Å²) < 4.78 is 1.24. The Kier molecular flexibility index (Phi) is 8.34. The van der Waals surface area contributed by atoms with Gasteiger partial charge in [-0.05, 0) is 30.7 Å². The number of aromatic hydroxyl groups is 1.